The number of fused-ring (bicyclic) bond motifs is 1. The molecule has 1 fully saturated rings. The lowest BCUT2D eigenvalue weighted by molar-refractivity contribution is 0.0711. The Morgan fingerprint density at radius 2 is 2.14 bits per heavy atom. The minimum atomic E-state index is 0.119. The Bertz CT molecular complexity index is 696. The summed E-state index contributed by atoms with van der Waals surface area (Å²) in [7, 11) is 0. The number of hydrogen-bond acceptors (Lipinski definition) is 3. The van der Waals surface area contributed by atoms with Gasteiger partial charge in [0.2, 0.25) is 0 Å². The molecule has 2 aromatic rings. The van der Waals surface area contributed by atoms with Crippen molar-refractivity contribution in [3.05, 3.63) is 41.6 Å². The topological polar surface area (TPSA) is 45.2 Å². The van der Waals surface area contributed by atoms with Gasteiger partial charge in [0.25, 0.3) is 5.91 Å². The number of benzene rings is 1. The lowest BCUT2D eigenvalue weighted by Gasteiger charge is -2.32. The summed E-state index contributed by atoms with van der Waals surface area (Å²) < 4.78 is 0. The van der Waals surface area contributed by atoms with Gasteiger partial charge < -0.3 is 10.2 Å². The van der Waals surface area contributed by atoms with Crippen molar-refractivity contribution >= 4 is 16.8 Å². The van der Waals surface area contributed by atoms with Crippen molar-refractivity contribution in [3.8, 4) is 0 Å². The van der Waals surface area contributed by atoms with Gasteiger partial charge in [0.15, 0.2) is 0 Å². The molecule has 22 heavy (non-hydrogen) atoms. The molecule has 1 aliphatic rings. The Kier molecular flexibility index (Phi) is 4.12. The highest BCUT2D eigenvalue weighted by molar-refractivity contribution is 6.06. The van der Waals surface area contributed by atoms with Gasteiger partial charge in [-0.1, -0.05) is 32.0 Å². The SMILES string of the molecule is CC1CN(C(=O)c2cc(C(C)C)nc3ccccc23)CCN1. The first-order chi connectivity index (χ1) is 10.6. The van der Waals surface area contributed by atoms with Gasteiger partial charge in [0.1, 0.15) is 0 Å². The molecule has 0 aliphatic carbocycles. The molecule has 1 N–H and O–H groups in total. The van der Waals surface area contributed by atoms with Gasteiger partial charge in [-0.2, -0.15) is 0 Å². The van der Waals surface area contributed by atoms with Crippen molar-refractivity contribution < 1.29 is 4.79 Å². The Labute approximate surface area is 131 Å². The Morgan fingerprint density at radius 1 is 1.36 bits per heavy atom. The van der Waals surface area contributed by atoms with Crippen LogP contribution >= 0.6 is 0 Å². The van der Waals surface area contributed by atoms with E-state index < -0.39 is 0 Å². The number of nitrogens with one attached hydrogen (secondary N) is 1. The summed E-state index contributed by atoms with van der Waals surface area (Å²) in [5.41, 5.74) is 2.66. The minimum Gasteiger partial charge on any atom is -0.336 e. The van der Waals surface area contributed by atoms with E-state index in [2.05, 4.69) is 26.1 Å². The number of para-hydroxylation sites is 1. The first kappa shape index (κ1) is 15.0. The van der Waals surface area contributed by atoms with Crippen molar-refractivity contribution in [2.24, 2.45) is 0 Å². The third-order valence-corrected chi connectivity index (χ3v) is 4.21. The molecule has 0 spiro atoms. The second-order valence-electron chi connectivity index (χ2n) is 6.37. The second-order valence-corrected chi connectivity index (χ2v) is 6.37. The maximum absolute atomic E-state index is 13.0. The smallest absolute Gasteiger partial charge is 0.254 e. The van der Waals surface area contributed by atoms with Crippen LogP contribution in [-0.4, -0.2) is 41.5 Å². The summed E-state index contributed by atoms with van der Waals surface area (Å²) in [6.45, 7) is 8.70. The van der Waals surface area contributed by atoms with Gasteiger partial charge in [0.05, 0.1) is 11.1 Å². The number of rotatable bonds is 2. The van der Waals surface area contributed by atoms with E-state index in [4.69, 9.17) is 4.98 Å². The fraction of sp³-hybridized carbons (Fsp3) is 0.444. The molecule has 1 atom stereocenters. The molecule has 116 valence electrons. The van der Waals surface area contributed by atoms with Gasteiger partial charge >= 0.3 is 0 Å². The van der Waals surface area contributed by atoms with Crippen LogP contribution in [0.3, 0.4) is 0 Å². The molecule has 4 nitrogen and oxygen atoms in total. The summed E-state index contributed by atoms with van der Waals surface area (Å²) in [6.07, 6.45) is 0. The fourth-order valence-electron chi connectivity index (χ4n) is 2.96. The summed E-state index contributed by atoms with van der Waals surface area (Å²) in [5.74, 6) is 0.423. The largest absolute Gasteiger partial charge is 0.336 e. The molecule has 1 unspecified atom stereocenters. The zero-order valence-corrected chi connectivity index (χ0v) is 13.5. The van der Waals surface area contributed by atoms with Crippen LogP contribution in [0.4, 0.5) is 0 Å². The molecule has 1 saturated heterocycles. The average molecular weight is 297 g/mol. The first-order valence-electron chi connectivity index (χ1n) is 7.98. The highest BCUT2D eigenvalue weighted by atomic mass is 16.2. The average Bonchev–Trinajstić information content (AvgIpc) is 2.53. The van der Waals surface area contributed by atoms with Crippen molar-refractivity contribution in [2.75, 3.05) is 19.6 Å². The fourth-order valence-corrected chi connectivity index (χ4v) is 2.96. The monoisotopic (exact) mass is 297 g/mol. The standard InChI is InChI=1S/C18H23N3O/c1-12(2)17-10-15(14-6-4-5-7-16(14)20-17)18(22)21-9-8-19-13(3)11-21/h4-7,10,12-13,19H,8-9,11H2,1-3H3. The zero-order valence-electron chi connectivity index (χ0n) is 13.5. The molecular weight excluding hydrogens is 274 g/mol. The lowest BCUT2D eigenvalue weighted by Crippen LogP contribution is -2.51. The molecular formula is C18H23N3O. The van der Waals surface area contributed by atoms with Crippen LogP contribution in [0.15, 0.2) is 30.3 Å². The molecule has 1 aliphatic heterocycles. The molecule has 3 rings (SSSR count). The Balaban J connectivity index is 2.06. The van der Waals surface area contributed by atoms with E-state index in [-0.39, 0.29) is 5.91 Å². The highest BCUT2D eigenvalue weighted by Crippen LogP contribution is 2.24. The van der Waals surface area contributed by atoms with E-state index in [9.17, 15) is 4.79 Å². The van der Waals surface area contributed by atoms with E-state index in [1.807, 2.05) is 35.2 Å². The van der Waals surface area contributed by atoms with E-state index in [1.54, 1.807) is 0 Å². The highest BCUT2D eigenvalue weighted by Gasteiger charge is 2.24. The maximum Gasteiger partial charge on any atom is 0.254 e. The lowest BCUT2D eigenvalue weighted by atomic mass is 10.0. The normalized spacial score (nSPS) is 18.9. The van der Waals surface area contributed by atoms with Gasteiger partial charge in [-0.25, -0.2) is 0 Å². The Morgan fingerprint density at radius 3 is 2.86 bits per heavy atom. The Hall–Kier alpha value is -1.94. The first-order valence-corrected chi connectivity index (χ1v) is 7.98. The van der Waals surface area contributed by atoms with E-state index in [0.717, 1.165) is 41.8 Å². The third-order valence-electron chi connectivity index (χ3n) is 4.21. The quantitative estimate of drug-likeness (QED) is 0.927. The number of nitrogens with zero attached hydrogens (tertiary/aromatic N) is 2. The third kappa shape index (κ3) is 2.83. The summed E-state index contributed by atoms with van der Waals surface area (Å²) >= 11 is 0. The molecule has 1 aromatic heterocycles. The number of pyridine rings is 1. The molecule has 0 radical (unpaired) electrons. The van der Waals surface area contributed by atoms with Crippen molar-refractivity contribution in [1.82, 2.24) is 15.2 Å². The van der Waals surface area contributed by atoms with Crippen LogP contribution in [0, 0.1) is 0 Å². The molecule has 0 saturated carbocycles. The predicted octanol–water partition coefficient (Wildman–Crippen LogP) is 2.79. The van der Waals surface area contributed by atoms with E-state index in [1.165, 1.54) is 0 Å². The second kappa shape index (κ2) is 6.05. The molecule has 1 amide bonds. The van der Waals surface area contributed by atoms with Crippen LogP contribution in [0.25, 0.3) is 10.9 Å². The van der Waals surface area contributed by atoms with Crippen molar-refractivity contribution in [1.29, 1.82) is 0 Å². The predicted molar refractivity (Wildman–Crippen MR) is 89.2 cm³/mol. The maximum atomic E-state index is 13.0. The molecule has 0 bridgehead atoms. The van der Waals surface area contributed by atoms with Gasteiger partial charge in [0, 0.05) is 36.8 Å². The molecule has 2 heterocycles. The minimum absolute atomic E-state index is 0.119. The van der Waals surface area contributed by atoms with Crippen molar-refractivity contribution in [3.63, 3.8) is 0 Å². The summed E-state index contributed by atoms with van der Waals surface area (Å²) in [5, 5.41) is 4.33. The van der Waals surface area contributed by atoms with E-state index in [0.29, 0.717) is 12.0 Å². The molecule has 1 aromatic carbocycles. The number of amides is 1. The van der Waals surface area contributed by atoms with Gasteiger partial charge in [-0.3, -0.25) is 9.78 Å². The number of carbonyl (C=O) groups excluding carboxylic acids is 1. The summed E-state index contributed by atoms with van der Waals surface area (Å²) in [4.78, 5) is 19.7. The van der Waals surface area contributed by atoms with Crippen LogP contribution in [0.5, 0.6) is 0 Å². The van der Waals surface area contributed by atoms with Gasteiger partial charge in [-0.15, -0.1) is 0 Å². The van der Waals surface area contributed by atoms with Crippen molar-refractivity contribution in [2.45, 2.75) is 32.7 Å². The number of hydrogen-bond donors (Lipinski definition) is 1. The van der Waals surface area contributed by atoms with Crippen LogP contribution < -0.4 is 5.32 Å². The molecule has 4 heteroatoms. The van der Waals surface area contributed by atoms with Gasteiger partial charge in [-0.05, 0) is 25.0 Å². The van der Waals surface area contributed by atoms with Crippen LogP contribution in [0.2, 0.25) is 0 Å². The number of piperazine rings is 1. The summed E-state index contributed by atoms with van der Waals surface area (Å²) in [6, 6.07) is 10.2. The van der Waals surface area contributed by atoms with Crippen LogP contribution in [0.1, 0.15) is 42.7 Å². The van der Waals surface area contributed by atoms with E-state index >= 15 is 0 Å². The number of aromatic nitrogens is 1. The number of carbonyl (C=O) groups is 1. The zero-order chi connectivity index (χ0) is 15.7. The van der Waals surface area contributed by atoms with Crippen LogP contribution in [-0.2, 0) is 0 Å².